The van der Waals surface area contributed by atoms with Gasteiger partial charge in [0.1, 0.15) is 0 Å². The van der Waals surface area contributed by atoms with Crippen LogP contribution in [0.5, 0.6) is 0 Å². The van der Waals surface area contributed by atoms with E-state index in [1.54, 1.807) is 0 Å². The van der Waals surface area contributed by atoms with Gasteiger partial charge in [-0.1, -0.05) is 273 Å². The van der Waals surface area contributed by atoms with Crippen LogP contribution < -0.4 is 47.7 Å². The maximum atomic E-state index is 9.75. The molecule has 0 N–H and O–H groups in total. The minimum atomic E-state index is -6.00. The van der Waals surface area contributed by atoms with Crippen molar-refractivity contribution in [3.05, 3.63) is 273 Å². The van der Waals surface area contributed by atoms with E-state index in [0.29, 0.717) is 0 Å². The van der Waals surface area contributed by atoms with Gasteiger partial charge in [0.15, 0.2) is 0 Å². The Morgan fingerprint density at radius 1 is 0.164 bits per heavy atom. The molecule has 0 radical (unpaired) electrons. The maximum absolute atomic E-state index is 9.75. The average Bonchev–Trinajstić information content (AvgIpc) is 3.36. The van der Waals surface area contributed by atoms with E-state index in [-0.39, 0.29) is 22.4 Å². The fourth-order valence-corrected chi connectivity index (χ4v) is 13.5. The van der Waals surface area contributed by atoms with Crippen molar-refractivity contribution in [2.45, 2.75) is 0 Å². The first-order valence-corrected chi connectivity index (χ1v) is 25.9. The van der Waals surface area contributed by atoms with Gasteiger partial charge in [-0.25, -0.2) is 0 Å². The van der Waals surface area contributed by atoms with Gasteiger partial charge in [-0.2, -0.15) is 0 Å². The Kier molecular flexibility index (Phi) is 27.5. The van der Waals surface area contributed by atoms with E-state index in [1.165, 1.54) is 47.7 Å². The molecule has 9 rings (SSSR count). The number of hydrogen-bond acceptors (Lipinski definition) is 0. The zero-order valence-electron chi connectivity index (χ0n) is 38.4. The summed E-state index contributed by atoms with van der Waals surface area (Å²) in [5, 5.41) is 12.6. The van der Waals surface area contributed by atoms with E-state index >= 15 is 0 Å². The SMILES string of the molecule is F[B-](F)(F)F.F[B-](F)(F)F.F[B-](F)(F)F.[Au+3].c1ccc(P(c2ccccc2)c2ccccc2)cc1.c1ccc(P(c2ccccc2)c2ccccc2)cc1.c1ccc(P(c2ccccc2)c2ccccc2)cc1. The molecule has 0 fully saturated rings. The molecule has 0 nitrogen and oxygen atoms in total. The monoisotopic (exact) mass is 1240 g/mol. The second kappa shape index (κ2) is 32.5. The molecule has 0 bridgehead atoms. The van der Waals surface area contributed by atoms with Crippen molar-refractivity contribution >= 4 is 93.3 Å². The van der Waals surface area contributed by atoms with Gasteiger partial charge < -0.3 is 51.8 Å². The molecule has 0 amide bonds. The van der Waals surface area contributed by atoms with Crippen LogP contribution in [-0.2, 0) is 22.4 Å². The smallest absolute Gasteiger partial charge is 0.418 e. The molecule has 9 aromatic rings. The second-order valence-electron chi connectivity index (χ2n) is 14.5. The topological polar surface area (TPSA) is 0 Å². The molecule has 0 saturated heterocycles. The van der Waals surface area contributed by atoms with Gasteiger partial charge in [0.2, 0.25) is 0 Å². The summed E-state index contributed by atoms with van der Waals surface area (Å²) < 4.78 is 117. The molecular formula is C54H45AuB3F12P3. The van der Waals surface area contributed by atoms with E-state index in [2.05, 4.69) is 273 Å². The van der Waals surface area contributed by atoms with Crippen LogP contribution in [-0.4, -0.2) is 21.8 Å². The van der Waals surface area contributed by atoms with E-state index < -0.39 is 45.5 Å². The summed E-state index contributed by atoms with van der Waals surface area (Å²) >= 11 is 0. The van der Waals surface area contributed by atoms with Crippen molar-refractivity contribution in [3.63, 3.8) is 0 Å². The van der Waals surface area contributed by atoms with Crippen molar-refractivity contribution < 1.29 is 74.2 Å². The zero-order valence-corrected chi connectivity index (χ0v) is 43.2. The molecule has 19 heteroatoms. The van der Waals surface area contributed by atoms with Gasteiger partial charge in [-0.15, -0.1) is 0 Å². The normalized spacial score (nSPS) is 10.7. The first kappa shape index (κ1) is 61.7. The molecule has 380 valence electrons. The predicted molar refractivity (Wildman–Crippen MR) is 286 cm³/mol. The Morgan fingerprint density at radius 2 is 0.233 bits per heavy atom. The van der Waals surface area contributed by atoms with Gasteiger partial charge in [-0.3, -0.25) is 0 Å². The molecular weight excluding hydrogens is 1200 g/mol. The van der Waals surface area contributed by atoms with Crippen LogP contribution in [0.25, 0.3) is 0 Å². The Bertz CT molecular complexity index is 2170. The van der Waals surface area contributed by atoms with Crippen LogP contribution in [0.15, 0.2) is 273 Å². The van der Waals surface area contributed by atoms with Gasteiger partial charge >= 0.3 is 44.1 Å². The van der Waals surface area contributed by atoms with Crippen LogP contribution >= 0.6 is 23.8 Å². The van der Waals surface area contributed by atoms with Crippen LogP contribution in [0.3, 0.4) is 0 Å². The van der Waals surface area contributed by atoms with E-state index in [9.17, 15) is 51.8 Å². The van der Waals surface area contributed by atoms with E-state index in [1.807, 2.05) is 0 Å². The van der Waals surface area contributed by atoms with Gasteiger partial charge in [0.05, 0.1) is 0 Å². The second-order valence-corrected chi connectivity index (χ2v) is 21.2. The molecule has 0 spiro atoms. The number of hydrogen-bond donors (Lipinski definition) is 0. The third-order valence-electron chi connectivity index (χ3n) is 9.13. The van der Waals surface area contributed by atoms with Crippen molar-refractivity contribution in [1.82, 2.24) is 0 Å². The molecule has 0 atom stereocenters. The maximum Gasteiger partial charge on any atom is 3.00 e. The van der Waals surface area contributed by atoms with E-state index in [0.717, 1.165) is 0 Å². The van der Waals surface area contributed by atoms with Crippen molar-refractivity contribution in [1.29, 1.82) is 0 Å². The van der Waals surface area contributed by atoms with Gasteiger partial charge in [0.25, 0.3) is 0 Å². The summed E-state index contributed by atoms with van der Waals surface area (Å²) in [4.78, 5) is 0. The standard InChI is InChI=1S/3C18H15P.Au.3BF4/c3*1-4-10-16(11-5-1)19(17-12-6-2-7-13-17)18-14-8-3-9-15-18;;3*2-1(3,4)5/h3*1-15H;;;;/q;;;+3;3*-1. The molecule has 0 aliphatic carbocycles. The quantitative estimate of drug-likeness (QED) is 0.0768. The Morgan fingerprint density at radius 3 is 0.301 bits per heavy atom. The fourth-order valence-electron chi connectivity index (χ4n) is 6.54. The number of rotatable bonds is 9. The molecule has 0 unspecified atom stereocenters. The van der Waals surface area contributed by atoms with Crippen molar-refractivity contribution in [2.75, 3.05) is 0 Å². The van der Waals surface area contributed by atoms with Crippen LogP contribution in [0.2, 0.25) is 0 Å². The molecule has 0 saturated carbocycles. The largest absolute Gasteiger partial charge is 3.00 e. The molecule has 0 aliphatic rings. The zero-order chi connectivity index (χ0) is 52.2. The number of benzene rings is 9. The minimum absolute atomic E-state index is 0. The van der Waals surface area contributed by atoms with Crippen molar-refractivity contribution in [2.24, 2.45) is 0 Å². The summed E-state index contributed by atoms with van der Waals surface area (Å²) in [5.41, 5.74) is 0. The number of halogens is 12. The average molecular weight is 1240 g/mol. The predicted octanol–water partition coefficient (Wildman–Crippen LogP) is 14.2. The van der Waals surface area contributed by atoms with Gasteiger partial charge in [-0.05, 0) is 71.5 Å². The molecule has 0 heterocycles. The first-order valence-electron chi connectivity index (χ1n) is 21.8. The fraction of sp³-hybridized carbons (Fsp3) is 0. The van der Waals surface area contributed by atoms with Crippen LogP contribution in [0.1, 0.15) is 0 Å². The van der Waals surface area contributed by atoms with Gasteiger partial charge in [0, 0.05) is 0 Å². The molecule has 73 heavy (non-hydrogen) atoms. The summed E-state index contributed by atoms with van der Waals surface area (Å²) in [6, 6.07) is 97.0. The summed E-state index contributed by atoms with van der Waals surface area (Å²) in [6.45, 7) is 0. The van der Waals surface area contributed by atoms with Crippen molar-refractivity contribution in [3.8, 4) is 0 Å². The third-order valence-corrected chi connectivity index (χ3v) is 16.5. The van der Waals surface area contributed by atoms with Crippen LogP contribution in [0.4, 0.5) is 51.8 Å². The summed E-state index contributed by atoms with van der Waals surface area (Å²) in [6.07, 6.45) is 0. The minimum Gasteiger partial charge on any atom is -0.418 e. The van der Waals surface area contributed by atoms with Crippen LogP contribution in [0, 0.1) is 0 Å². The molecule has 9 aromatic carbocycles. The Hall–Kier alpha value is -5.63. The Labute approximate surface area is 438 Å². The third kappa shape index (κ3) is 26.2. The molecule has 0 aliphatic heterocycles. The molecule has 0 aromatic heterocycles. The first-order chi connectivity index (χ1) is 34.3. The summed E-state index contributed by atoms with van der Waals surface area (Å²) in [7, 11) is -19.3. The summed E-state index contributed by atoms with van der Waals surface area (Å²) in [5.74, 6) is 0. The van der Waals surface area contributed by atoms with E-state index in [4.69, 9.17) is 0 Å². The Balaban J connectivity index is 0.000000252.